The topological polar surface area (TPSA) is 378 Å². The predicted octanol–water partition coefficient (Wildman–Crippen LogP) is 5.59. The number of imide groups is 1. The number of likely N-dealkylation sites (tertiary alicyclic amines) is 1. The second-order valence-electron chi connectivity index (χ2n) is 26.5. The first kappa shape index (κ1) is 86.4. The number of hydrogen-bond donors (Lipinski definition) is 6. The summed E-state index contributed by atoms with van der Waals surface area (Å²) >= 11 is 4.15. The number of ketones is 1. The van der Waals surface area contributed by atoms with Crippen LogP contribution in [0.15, 0.2) is 35.1 Å². The zero-order valence-corrected chi connectivity index (χ0v) is 67.5. The quantitative estimate of drug-likeness (QED) is 0.0113. The van der Waals surface area contributed by atoms with Crippen molar-refractivity contribution >= 4 is 118 Å². The second kappa shape index (κ2) is 39.7. The number of carbonyl (C=O) groups is 7. The van der Waals surface area contributed by atoms with Crippen LogP contribution in [0.1, 0.15) is 95.0 Å². The Hall–Kier alpha value is -4.63. The van der Waals surface area contributed by atoms with E-state index in [0.29, 0.717) is 41.4 Å². The minimum Gasteiger partial charge on any atom is -0.492 e. The Labute approximate surface area is 655 Å². The first-order chi connectivity index (χ1) is 51.2. The van der Waals surface area contributed by atoms with Gasteiger partial charge in [0.2, 0.25) is 35.8 Å². The van der Waals surface area contributed by atoms with Crippen molar-refractivity contribution in [2.75, 3.05) is 86.9 Å². The van der Waals surface area contributed by atoms with Gasteiger partial charge < -0.3 is 101 Å². The fourth-order valence-electron chi connectivity index (χ4n) is 14.2. The van der Waals surface area contributed by atoms with Crippen LogP contribution in [-0.2, 0) is 76.0 Å². The van der Waals surface area contributed by atoms with Gasteiger partial charge in [0.25, 0.3) is 0 Å². The smallest absolute Gasteiger partial charge is 0.413 e. The number of thioether (sulfide) groups is 2. The molecule has 0 aromatic heterocycles. The van der Waals surface area contributed by atoms with E-state index < -0.39 is 163 Å². The summed E-state index contributed by atoms with van der Waals surface area (Å²) in [6.45, 7) is 7.53. The Kier molecular flexibility index (Phi) is 32.0. The molecule has 2 bridgehead atoms. The number of nitrogens with zero attached hydrogens (tertiary/aromatic N) is 2. The molecule has 6 fully saturated rings. The van der Waals surface area contributed by atoms with Gasteiger partial charge in [-0.3, -0.25) is 34.2 Å². The van der Waals surface area contributed by atoms with Crippen molar-refractivity contribution in [2.24, 2.45) is 17.8 Å². The van der Waals surface area contributed by atoms with Gasteiger partial charge in [0, 0.05) is 69.4 Å². The van der Waals surface area contributed by atoms with Crippen LogP contribution in [0, 0.1) is 51.9 Å². The number of alkyl carbamates (subject to hydrolysis) is 1. The van der Waals surface area contributed by atoms with Gasteiger partial charge in [-0.2, -0.15) is 11.8 Å². The lowest BCUT2D eigenvalue weighted by molar-refractivity contribution is -0.338. The number of Topliss-reactive ketones (excluding diaryl/α,β-unsaturated/α-hetero) is 1. The van der Waals surface area contributed by atoms with Crippen LogP contribution in [0.3, 0.4) is 0 Å². The van der Waals surface area contributed by atoms with Crippen LogP contribution in [-0.4, -0.2) is 278 Å². The summed E-state index contributed by atoms with van der Waals surface area (Å²) in [4.78, 5) is 97.2. The van der Waals surface area contributed by atoms with Crippen LogP contribution < -0.4 is 19.5 Å². The number of aliphatic hydroxyl groups excluding tert-OH is 4. The van der Waals surface area contributed by atoms with E-state index in [0.717, 1.165) is 18.9 Å². The van der Waals surface area contributed by atoms with Crippen molar-refractivity contribution in [2.45, 2.75) is 200 Å². The molecule has 592 valence electrons. The molecular formula is C71H94IN3O27S5. The van der Waals surface area contributed by atoms with Crippen LogP contribution in [0.2, 0.25) is 0 Å². The van der Waals surface area contributed by atoms with Crippen molar-refractivity contribution in [3.63, 3.8) is 0 Å². The number of ether oxygens (including phenoxy) is 15. The summed E-state index contributed by atoms with van der Waals surface area (Å²) in [5.41, 5.74) is -1.90. The highest BCUT2D eigenvalue weighted by atomic mass is 127. The Morgan fingerprint density at radius 3 is 2.21 bits per heavy atom. The Morgan fingerprint density at radius 2 is 1.56 bits per heavy atom. The van der Waals surface area contributed by atoms with Crippen LogP contribution in [0.4, 0.5) is 9.59 Å². The van der Waals surface area contributed by atoms with E-state index in [1.165, 1.54) is 93.6 Å². The number of fused-ring (bicyclic) bond motifs is 2. The fourth-order valence-corrected chi connectivity index (χ4v) is 19.1. The van der Waals surface area contributed by atoms with Crippen molar-refractivity contribution in [3.8, 4) is 40.9 Å². The SMILES string of the molecule is CCN(C(=O)OCOC(=O)C1CCC(CN2C(=O)CC(SC)C2=O)CC1)[C@H]1CO[C@@H](O[C@H]2C(O[C@H]3C#C/C=C\C#C[C@@]4(O)CC(=O)C(NC(=O)OC)=C3/C4=C\CSSSC)O[C@H](C)[C@@H](CO[C@H]3C[C@H](O)[C@H](SC(=O)c4c(C)c(I)c(O[C@@H]5O[C@@H](C)[C@H](O)[C@@H](OC)[C@H]5O)c(OC)c4OC)[C@@H](C)O3)[C@@H]2O)C[C@@H]1OC. The van der Waals surface area contributed by atoms with E-state index in [4.69, 9.17) is 71.1 Å². The Bertz CT molecular complexity index is 3590. The van der Waals surface area contributed by atoms with Crippen LogP contribution in [0.5, 0.6) is 17.2 Å². The van der Waals surface area contributed by atoms with E-state index in [-0.39, 0.29) is 107 Å². The molecule has 6 N–H and O–H groups in total. The summed E-state index contributed by atoms with van der Waals surface area (Å²) in [6, 6.07) is -0.798. The third-order valence-electron chi connectivity index (χ3n) is 20.0. The van der Waals surface area contributed by atoms with E-state index >= 15 is 0 Å². The van der Waals surface area contributed by atoms with E-state index in [2.05, 4.69) is 29.0 Å². The molecule has 5 aliphatic heterocycles. The van der Waals surface area contributed by atoms with Crippen molar-refractivity contribution in [3.05, 3.63) is 49.8 Å². The molecule has 3 aliphatic carbocycles. The number of carbonyl (C=O) groups excluding carboxylic acids is 7. The number of hydrogen-bond acceptors (Lipinski definition) is 32. The molecule has 0 radical (unpaired) electrons. The average Bonchev–Trinajstić information content (AvgIpc) is 0.955. The summed E-state index contributed by atoms with van der Waals surface area (Å²) in [7, 11) is 11.0. The molecule has 30 nitrogen and oxygen atoms in total. The zero-order chi connectivity index (χ0) is 77.7. The second-order valence-corrected chi connectivity index (χ2v) is 34.1. The lowest BCUT2D eigenvalue weighted by atomic mass is 9.75. The standard InChI is InChI=1S/C71H94IN3O27S5/c1-13-74(70(86)96-33-95-65(83)39-21-19-38(20-22-39)30-75-48(78)28-47(103-11)64(75)82)42-32-94-50(27-46(42)88-6)101-61-56(80)40(35(3)98-68(61)100-45-18-16-14-15-17-24-71(87)29-44(77)54(73-69(85)92-10)52(45)41(71)23-25-105-107-104-12)31-93-49-26-43(76)63(37(5)97-49)106-66(84)51-34(2)53(72)59(62(91-9)58(51)89-7)102-67-57(81)60(90-8)55(79)36(4)99-67/h14-15,23,35-40,42-43,45-47,49-50,55-57,60-61,63,67-68,76,79-81,87H,13,19-22,25-33H2,1-12H3,(H,73,85)/b15-14-,41-23+/t35-,36+,37-,38?,39?,40-,42+,43+,45+,46+,47?,49-,50+,55+,56+,57-,60-,61-,63-,67+,68?,71-/m1/s1. The first-order valence-corrected chi connectivity index (χ1v) is 42.1. The van der Waals surface area contributed by atoms with Gasteiger partial charge in [-0.15, -0.1) is 0 Å². The molecule has 1 saturated carbocycles. The molecule has 36 heteroatoms. The van der Waals surface area contributed by atoms with E-state index in [9.17, 15) is 59.1 Å². The lowest BCUT2D eigenvalue weighted by Gasteiger charge is -2.47. The minimum absolute atomic E-state index is 0.00147. The maximum atomic E-state index is 14.6. The largest absolute Gasteiger partial charge is 0.492 e. The normalized spacial score (nSPS) is 34.3. The molecule has 9 rings (SSSR count). The monoisotopic (exact) mass is 1710 g/mol. The van der Waals surface area contributed by atoms with Crippen molar-refractivity contribution in [1.29, 1.82) is 0 Å². The highest BCUT2D eigenvalue weighted by molar-refractivity contribution is 14.1. The minimum atomic E-state index is -2.13. The lowest BCUT2D eigenvalue weighted by Crippen LogP contribution is -2.60. The molecule has 5 saturated heterocycles. The third-order valence-corrected chi connectivity index (χ3v) is 27.4. The molecule has 20 atom stereocenters. The number of allylic oxidation sites excluding steroid dienone is 3. The fraction of sp³-hybridized carbons (Fsp3) is 0.676. The number of rotatable bonds is 28. The van der Waals surface area contributed by atoms with E-state index in [1.54, 1.807) is 47.0 Å². The molecule has 2 unspecified atom stereocenters. The number of halogens is 1. The van der Waals surface area contributed by atoms with Gasteiger partial charge in [-0.25, -0.2) is 9.59 Å². The molecule has 8 aliphatic rings. The third kappa shape index (κ3) is 20.2. The van der Waals surface area contributed by atoms with Gasteiger partial charge in [0.1, 0.15) is 30.5 Å². The summed E-state index contributed by atoms with van der Waals surface area (Å²) in [5, 5.41) is 59.7. The highest BCUT2D eigenvalue weighted by Crippen LogP contribution is 2.50. The molecule has 1 aromatic carbocycles. The number of aliphatic hydroxyl groups is 5. The number of esters is 1. The highest BCUT2D eigenvalue weighted by Gasteiger charge is 2.53. The number of nitrogens with one attached hydrogen (secondary N) is 1. The van der Waals surface area contributed by atoms with Crippen LogP contribution >= 0.6 is 77.5 Å². The molecule has 4 amide bonds. The molecule has 5 heterocycles. The molecule has 1 aromatic rings. The first-order valence-electron chi connectivity index (χ1n) is 34.8. The zero-order valence-electron chi connectivity index (χ0n) is 61.3. The Balaban J connectivity index is 0.913. The Morgan fingerprint density at radius 1 is 0.841 bits per heavy atom. The molecular weight excluding hydrogens is 1610 g/mol. The average molecular weight is 1710 g/mol. The van der Waals surface area contributed by atoms with Gasteiger partial charge in [-0.05, 0) is 129 Å². The van der Waals surface area contributed by atoms with Gasteiger partial charge in [-0.1, -0.05) is 63.1 Å². The van der Waals surface area contributed by atoms with E-state index in [1.807, 2.05) is 28.8 Å². The van der Waals surface area contributed by atoms with Gasteiger partial charge in [0.05, 0.1) is 115 Å². The molecule has 0 spiro atoms. The summed E-state index contributed by atoms with van der Waals surface area (Å²) < 4.78 is 90.9. The maximum Gasteiger partial charge on any atom is 0.413 e. The van der Waals surface area contributed by atoms with Crippen molar-refractivity contribution < 1.29 is 130 Å². The number of likely N-dealkylation sites (N-methyl/N-ethyl adjacent to an activating group) is 1. The number of amides is 4. The molecule has 107 heavy (non-hydrogen) atoms. The number of benzene rings is 1. The summed E-state index contributed by atoms with van der Waals surface area (Å²) in [6.07, 6.45) is -10.4. The number of methoxy groups -OCH3 is 5. The van der Waals surface area contributed by atoms with Gasteiger partial charge >= 0.3 is 18.2 Å². The van der Waals surface area contributed by atoms with Crippen LogP contribution in [0.25, 0.3) is 0 Å². The maximum absolute atomic E-state index is 14.6. The predicted molar refractivity (Wildman–Crippen MR) is 401 cm³/mol. The van der Waals surface area contributed by atoms with Gasteiger partial charge in [0.15, 0.2) is 41.8 Å². The summed E-state index contributed by atoms with van der Waals surface area (Å²) in [5.74, 6) is 8.79. The van der Waals surface area contributed by atoms with Crippen molar-refractivity contribution in [1.82, 2.24) is 15.1 Å².